The molecule has 0 fully saturated rings. The van der Waals surface area contributed by atoms with Crippen LogP contribution in [-0.4, -0.2) is 31.8 Å². The summed E-state index contributed by atoms with van der Waals surface area (Å²) in [6, 6.07) is 5.54. The quantitative estimate of drug-likeness (QED) is 0.768. The zero-order valence-corrected chi connectivity index (χ0v) is 13.0. The molecule has 0 amide bonds. The molecule has 21 heavy (non-hydrogen) atoms. The fourth-order valence-electron chi connectivity index (χ4n) is 1.86. The molecule has 0 saturated heterocycles. The van der Waals surface area contributed by atoms with Gasteiger partial charge in [-0.05, 0) is 19.1 Å². The molecule has 2 rings (SSSR count). The van der Waals surface area contributed by atoms with Crippen LogP contribution in [0.4, 0.5) is 0 Å². The molecule has 5 nitrogen and oxygen atoms in total. The first-order valence-electron chi connectivity index (χ1n) is 6.50. The van der Waals surface area contributed by atoms with Crippen LogP contribution in [0, 0.1) is 0 Å². The third-order valence-corrected chi connectivity index (χ3v) is 3.69. The number of carbonyl (C=O) groups is 1. The maximum Gasteiger partial charge on any atom is 0.312 e. The van der Waals surface area contributed by atoms with Crippen LogP contribution in [0.25, 0.3) is 11.3 Å². The van der Waals surface area contributed by atoms with Crippen LogP contribution < -0.4 is 9.47 Å². The summed E-state index contributed by atoms with van der Waals surface area (Å²) in [6.45, 7) is 2.16. The van der Waals surface area contributed by atoms with Crippen molar-refractivity contribution in [2.24, 2.45) is 0 Å². The predicted molar refractivity (Wildman–Crippen MR) is 81.0 cm³/mol. The van der Waals surface area contributed by atoms with Gasteiger partial charge in [0.1, 0.15) is 16.5 Å². The average Bonchev–Trinajstić information content (AvgIpc) is 2.94. The molecule has 0 radical (unpaired) electrons. The van der Waals surface area contributed by atoms with Crippen molar-refractivity contribution in [2.45, 2.75) is 13.3 Å². The lowest BCUT2D eigenvalue weighted by Gasteiger charge is -2.08. The van der Waals surface area contributed by atoms with E-state index in [-0.39, 0.29) is 12.4 Å². The molecule has 0 N–H and O–H groups in total. The number of methoxy groups -OCH3 is 2. The predicted octanol–water partition coefficient (Wildman–Crippen LogP) is 2.93. The fourth-order valence-corrected chi connectivity index (χ4v) is 2.64. The Morgan fingerprint density at radius 1 is 1.29 bits per heavy atom. The van der Waals surface area contributed by atoms with E-state index in [9.17, 15) is 4.79 Å². The molecule has 0 unspecified atom stereocenters. The highest BCUT2D eigenvalue weighted by molar-refractivity contribution is 7.10. The first kappa shape index (κ1) is 15.3. The Hall–Kier alpha value is -2.08. The van der Waals surface area contributed by atoms with Crippen molar-refractivity contribution >= 4 is 17.3 Å². The van der Waals surface area contributed by atoms with Gasteiger partial charge in [-0.15, -0.1) is 11.3 Å². The van der Waals surface area contributed by atoms with Crippen molar-refractivity contribution in [3.63, 3.8) is 0 Å². The van der Waals surface area contributed by atoms with E-state index in [0.717, 1.165) is 22.0 Å². The van der Waals surface area contributed by atoms with E-state index in [0.29, 0.717) is 12.4 Å². The Morgan fingerprint density at radius 2 is 2.10 bits per heavy atom. The zero-order valence-electron chi connectivity index (χ0n) is 12.2. The van der Waals surface area contributed by atoms with Gasteiger partial charge in [-0.1, -0.05) is 0 Å². The minimum Gasteiger partial charge on any atom is -0.497 e. The van der Waals surface area contributed by atoms with Crippen molar-refractivity contribution in [2.75, 3.05) is 20.8 Å². The average molecular weight is 307 g/mol. The van der Waals surface area contributed by atoms with Crippen LogP contribution in [0.2, 0.25) is 0 Å². The highest BCUT2D eigenvalue weighted by atomic mass is 32.1. The molecule has 0 aliphatic heterocycles. The molecule has 1 aromatic carbocycles. The fraction of sp³-hybridized carbons (Fsp3) is 0.333. The zero-order chi connectivity index (χ0) is 15.2. The molecule has 0 atom stereocenters. The second-order valence-electron chi connectivity index (χ2n) is 4.17. The minimum atomic E-state index is -0.264. The molecule has 0 saturated carbocycles. The summed E-state index contributed by atoms with van der Waals surface area (Å²) in [6.07, 6.45) is 0.191. The summed E-state index contributed by atoms with van der Waals surface area (Å²) in [5.74, 6) is 1.14. The van der Waals surface area contributed by atoms with Gasteiger partial charge in [0, 0.05) is 17.0 Å². The van der Waals surface area contributed by atoms with E-state index in [4.69, 9.17) is 14.2 Å². The lowest BCUT2D eigenvalue weighted by atomic mass is 10.1. The normalized spacial score (nSPS) is 10.2. The molecule has 2 aromatic rings. The van der Waals surface area contributed by atoms with Gasteiger partial charge in [0.2, 0.25) is 0 Å². The number of aromatic nitrogens is 1. The lowest BCUT2D eigenvalue weighted by molar-refractivity contribution is -0.142. The first-order chi connectivity index (χ1) is 10.2. The Labute approximate surface area is 127 Å². The number of thiazole rings is 1. The summed E-state index contributed by atoms with van der Waals surface area (Å²) in [7, 11) is 3.21. The largest absolute Gasteiger partial charge is 0.497 e. The van der Waals surface area contributed by atoms with E-state index in [2.05, 4.69) is 4.98 Å². The number of hydrogen-bond acceptors (Lipinski definition) is 6. The molecule has 1 heterocycles. The number of ether oxygens (including phenoxy) is 3. The van der Waals surface area contributed by atoms with Crippen molar-refractivity contribution in [1.82, 2.24) is 4.98 Å². The van der Waals surface area contributed by atoms with Crippen LogP contribution in [0.15, 0.2) is 23.6 Å². The number of esters is 1. The van der Waals surface area contributed by atoms with Gasteiger partial charge in [0.05, 0.1) is 32.9 Å². The molecule has 1 aromatic heterocycles. The van der Waals surface area contributed by atoms with Gasteiger partial charge >= 0.3 is 5.97 Å². The number of carbonyl (C=O) groups excluding carboxylic acids is 1. The summed E-state index contributed by atoms with van der Waals surface area (Å²) < 4.78 is 15.5. The van der Waals surface area contributed by atoms with Gasteiger partial charge < -0.3 is 14.2 Å². The van der Waals surface area contributed by atoms with Crippen molar-refractivity contribution in [1.29, 1.82) is 0 Å². The standard InChI is InChI=1S/C15H17NO4S/c1-4-20-15(17)8-14-16-12(9-21-14)11-6-5-10(18-2)7-13(11)19-3/h5-7,9H,4,8H2,1-3H3. The molecule has 0 bridgehead atoms. The smallest absolute Gasteiger partial charge is 0.312 e. The minimum absolute atomic E-state index is 0.191. The van der Waals surface area contributed by atoms with Crippen LogP contribution in [-0.2, 0) is 16.0 Å². The highest BCUT2D eigenvalue weighted by Gasteiger charge is 2.13. The van der Waals surface area contributed by atoms with Gasteiger partial charge in [-0.2, -0.15) is 0 Å². The molecular formula is C15H17NO4S. The van der Waals surface area contributed by atoms with Crippen LogP contribution >= 0.6 is 11.3 Å². The third kappa shape index (κ3) is 3.72. The number of benzene rings is 1. The third-order valence-electron chi connectivity index (χ3n) is 2.84. The van der Waals surface area contributed by atoms with Crippen LogP contribution in [0.1, 0.15) is 11.9 Å². The molecule has 0 spiro atoms. The maximum absolute atomic E-state index is 11.5. The van der Waals surface area contributed by atoms with Crippen molar-refractivity contribution in [3.05, 3.63) is 28.6 Å². The van der Waals surface area contributed by atoms with Gasteiger partial charge in [-0.3, -0.25) is 4.79 Å². The second-order valence-corrected chi connectivity index (χ2v) is 5.12. The Morgan fingerprint density at radius 3 is 2.76 bits per heavy atom. The number of rotatable bonds is 6. The number of nitrogens with zero attached hydrogens (tertiary/aromatic N) is 1. The van der Waals surface area contributed by atoms with Crippen molar-refractivity contribution in [3.8, 4) is 22.8 Å². The SMILES string of the molecule is CCOC(=O)Cc1nc(-c2ccc(OC)cc2OC)cs1. The summed E-state index contributed by atoms with van der Waals surface area (Å²) in [5, 5.41) is 2.63. The lowest BCUT2D eigenvalue weighted by Crippen LogP contribution is -2.07. The molecule has 112 valence electrons. The first-order valence-corrected chi connectivity index (χ1v) is 7.38. The van der Waals surface area contributed by atoms with E-state index in [1.165, 1.54) is 11.3 Å². The Balaban J connectivity index is 2.23. The van der Waals surface area contributed by atoms with Crippen LogP contribution in [0.5, 0.6) is 11.5 Å². The summed E-state index contributed by atoms with van der Waals surface area (Å²) in [5.41, 5.74) is 1.64. The molecule has 6 heteroatoms. The van der Waals surface area contributed by atoms with E-state index in [1.54, 1.807) is 27.2 Å². The summed E-state index contributed by atoms with van der Waals surface area (Å²) >= 11 is 1.43. The Bertz CT molecular complexity index is 624. The van der Waals surface area contributed by atoms with E-state index in [1.807, 2.05) is 17.5 Å². The Kier molecular flexibility index (Phi) is 5.16. The van der Waals surface area contributed by atoms with Crippen molar-refractivity contribution < 1.29 is 19.0 Å². The van der Waals surface area contributed by atoms with E-state index >= 15 is 0 Å². The van der Waals surface area contributed by atoms with Gasteiger partial charge in [0.25, 0.3) is 0 Å². The molecule has 0 aliphatic rings. The highest BCUT2D eigenvalue weighted by Crippen LogP contribution is 2.33. The molecular weight excluding hydrogens is 290 g/mol. The molecule has 0 aliphatic carbocycles. The summed E-state index contributed by atoms with van der Waals surface area (Å²) in [4.78, 5) is 15.9. The maximum atomic E-state index is 11.5. The van der Waals surface area contributed by atoms with E-state index < -0.39 is 0 Å². The topological polar surface area (TPSA) is 57.7 Å². The monoisotopic (exact) mass is 307 g/mol. The van der Waals surface area contributed by atoms with Crippen LogP contribution in [0.3, 0.4) is 0 Å². The van der Waals surface area contributed by atoms with Gasteiger partial charge in [0.15, 0.2) is 0 Å². The van der Waals surface area contributed by atoms with Gasteiger partial charge in [-0.25, -0.2) is 4.98 Å². The second kappa shape index (κ2) is 7.08. The number of hydrogen-bond donors (Lipinski definition) is 0.